The van der Waals surface area contributed by atoms with Crippen molar-refractivity contribution in [1.29, 1.82) is 0 Å². The van der Waals surface area contributed by atoms with Crippen LogP contribution in [-0.4, -0.2) is 34.0 Å². The molecule has 8 nitrogen and oxygen atoms in total. The summed E-state index contributed by atoms with van der Waals surface area (Å²) in [7, 11) is -2.54. The Balaban J connectivity index is 1.67. The first kappa shape index (κ1) is 23.7. The molecule has 0 unspecified atom stereocenters. The fourth-order valence-corrected chi connectivity index (χ4v) is 3.86. The molecule has 10 heteroatoms. The van der Waals surface area contributed by atoms with Crippen LogP contribution in [0.3, 0.4) is 0 Å². The van der Waals surface area contributed by atoms with Gasteiger partial charge in [-0.05, 0) is 61.0 Å². The summed E-state index contributed by atoms with van der Waals surface area (Å²) in [5.41, 5.74) is 0.544. The number of carbonyl (C=O) groups excluding carboxylic acids is 2. The van der Waals surface area contributed by atoms with E-state index in [-0.39, 0.29) is 21.8 Å². The van der Waals surface area contributed by atoms with E-state index in [1.54, 1.807) is 13.0 Å². The molecule has 0 radical (unpaired) electrons. The third kappa shape index (κ3) is 6.07. The van der Waals surface area contributed by atoms with Gasteiger partial charge in [-0.2, -0.15) is 0 Å². The third-order valence-corrected chi connectivity index (χ3v) is 5.93. The zero-order valence-corrected chi connectivity index (χ0v) is 18.6. The van der Waals surface area contributed by atoms with Crippen molar-refractivity contribution in [2.24, 2.45) is 0 Å². The second kappa shape index (κ2) is 10.1. The van der Waals surface area contributed by atoms with Crippen LogP contribution in [0.5, 0.6) is 5.75 Å². The fourth-order valence-electron chi connectivity index (χ4n) is 2.79. The summed E-state index contributed by atoms with van der Waals surface area (Å²) >= 11 is 0. The normalized spacial score (nSPS) is 10.9. The molecular formula is C23H21FN2O6S. The number of carbonyl (C=O) groups is 2. The van der Waals surface area contributed by atoms with E-state index in [0.717, 1.165) is 6.07 Å². The Bertz CT molecular complexity index is 1280. The van der Waals surface area contributed by atoms with E-state index in [1.807, 2.05) is 0 Å². The second-order valence-corrected chi connectivity index (χ2v) is 8.60. The van der Waals surface area contributed by atoms with Gasteiger partial charge in [-0.1, -0.05) is 18.2 Å². The number of para-hydroxylation sites is 1. The maximum atomic E-state index is 13.6. The SMILES string of the molecule is COc1ccc(S(=O)(=O)Nc2ccccc2C(=O)OCC(=O)Nc2ccc(C)c(F)c2)cc1. The number of nitrogens with one attached hydrogen (secondary N) is 2. The van der Waals surface area contributed by atoms with Gasteiger partial charge < -0.3 is 14.8 Å². The van der Waals surface area contributed by atoms with Crippen molar-refractivity contribution in [3.63, 3.8) is 0 Å². The quantitative estimate of drug-likeness (QED) is 0.483. The summed E-state index contributed by atoms with van der Waals surface area (Å²) in [6.45, 7) is 0.941. The van der Waals surface area contributed by atoms with E-state index in [1.165, 1.54) is 61.7 Å². The number of benzene rings is 3. The van der Waals surface area contributed by atoms with Gasteiger partial charge in [0.15, 0.2) is 6.61 Å². The lowest BCUT2D eigenvalue weighted by Gasteiger charge is -2.13. The minimum absolute atomic E-state index is 0.0145. The first-order chi connectivity index (χ1) is 15.7. The Labute approximate surface area is 190 Å². The molecule has 3 rings (SSSR count). The van der Waals surface area contributed by atoms with Crippen LogP contribution in [0, 0.1) is 12.7 Å². The lowest BCUT2D eigenvalue weighted by molar-refractivity contribution is -0.119. The monoisotopic (exact) mass is 472 g/mol. The van der Waals surface area contributed by atoms with Crippen LogP contribution in [-0.2, 0) is 19.6 Å². The first-order valence-corrected chi connectivity index (χ1v) is 11.2. The van der Waals surface area contributed by atoms with Crippen molar-refractivity contribution in [2.75, 3.05) is 23.8 Å². The number of halogens is 1. The Morgan fingerprint density at radius 2 is 1.70 bits per heavy atom. The van der Waals surface area contributed by atoms with Crippen molar-refractivity contribution < 1.29 is 31.9 Å². The molecular weight excluding hydrogens is 451 g/mol. The van der Waals surface area contributed by atoms with Gasteiger partial charge in [0.05, 0.1) is 23.3 Å². The highest BCUT2D eigenvalue weighted by Gasteiger charge is 2.20. The van der Waals surface area contributed by atoms with E-state index in [2.05, 4.69) is 10.0 Å². The Kier molecular flexibility index (Phi) is 7.29. The predicted octanol–water partition coefficient (Wildman–Crippen LogP) is 3.74. The van der Waals surface area contributed by atoms with Crippen LogP contribution in [0.25, 0.3) is 0 Å². The summed E-state index contributed by atoms with van der Waals surface area (Å²) < 4.78 is 51.4. The Hall–Kier alpha value is -3.92. The zero-order valence-electron chi connectivity index (χ0n) is 17.8. The third-order valence-electron chi connectivity index (χ3n) is 4.55. The van der Waals surface area contributed by atoms with Crippen molar-refractivity contribution in [3.05, 3.63) is 83.7 Å². The van der Waals surface area contributed by atoms with Crippen molar-refractivity contribution in [3.8, 4) is 5.75 Å². The standard InChI is InChI=1S/C23H21FN2O6S/c1-15-7-8-16(13-20(15)24)25-22(27)14-32-23(28)19-5-3-4-6-21(19)26-33(29,30)18-11-9-17(31-2)10-12-18/h3-13,26H,14H2,1-2H3,(H,25,27). The van der Waals surface area contributed by atoms with Gasteiger partial charge in [0.2, 0.25) is 0 Å². The van der Waals surface area contributed by atoms with Crippen molar-refractivity contribution in [1.82, 2.24) is 0 Å². The first-order valence-electron chi connectivity index (χ1n) is 9.68. The van der Waals surface area contributed by atoms with Crippen LogP contribution >= 0.6 is 0 Å². The molecule has 0 aliphatic heterocycles. The van der Waals surface area contributed by atoms with Crippen LogP contribution in [0.15, 0.2) is 71.6 Å². The molecule has 0 fully saturated rings. The average molecular weight is 472 g/mol. The number of sulfonamides is 1. The Morgan fingerprint density at radius 1 is 1.00 bits per heavy atom. The molecule has 0 aromatic heterocycles. The summed E-state index contributed by atoms with van der Waals surface area (Å²) in [4.78, 5) is 24.5. The number of methoxy groups -OCH3 is 1. The number of rotatable bonds is 8. The minimum Gasteiger partial charge on any atom is -0.497 e. The summed E-state index contributed by atoms with van der Waals surface area (Å²) in [6.07, 6.45) is 0. The topological polar surface area (TPSA) is 111 Å². The van der Waals surface area contributed by atoms with Gasteiger partial charge >= 0.3 is 5.97 Å². The predicted molar refractivity (Wildman–Crippen MR) is 120 cm³/mol. The van der Waals surface area contributed by atoms with Crippen LogP contribution in [0.1, 0.15) is 15.9 Å². The van der Waals surface area contributed by atoms with Gasteiger partial charge in [0, 0.05) is 5.69 Å². The molecule has 0 bridgehead atoms. The lowest BCUT2D eigenvalue weighted by Crippen LogP contribution is -2.22. The van der Waals surface area contributed by atoms with Crippen molar-refractivity contribution in [2.45, 2.75) is 11.8 Å². The van der Waals surface area contributed by atoms with Gasteiger partial charge in [-0.3, -0.25) is 9.52 Å². The maximum Gasteiger partial charge on any atom is 0.340 e. The molecule has 0 heterocycles. The number of esters is 1. The number of hydrogen-bond acceptors (Lipinski definition) is 6. The van der Waals surface area contributed by atoms with E-state index in [4.69, 9.17) is 9.47 Å². The highest BCUT2D eigenvalue weighted by atomic mass is 32.2. The van der Waals surface area contributed by atoms with Gasteiger partial charge in [0.1, 0.15) is 11.6 Å². The largest absolute Gasteiger partial charge is 0.497 e. The van der Waals surface area contributed by atoms with E-state index >= 15 is 0 Å². The fraction of sp³-hybridized carbons (Fsp3) is 0.130. The number of hydrogen-bond donors (Lipinski definition) is 2. The van der Waals surface area contributed by atoms with E-state index in [0.29, 0.717) is 11.3 Å². The molecule has 0 aliphatic carbocycles. The highest BCUT2D eigenvalue weighted by molar-refractivity contribution is 7.92. The maximum absolute atomic E-state index is 13.6. The van der Waals surface area contributed by atoms with Crippen LogP contribution in [0.4, 0.5) is 15.8 Å². The zero-order chi connectivity index (χ0) is 24.0. The van der Waals surface area contributed by atoms with Gasteiger partial charge in [-0.25, -0.2) is 17.6 Å². The number of anilines is 2. The molecule has 0 aliphatic rings. The molecule has 0 saturated heterocycles. The number of amides is 1. The molecule has 3 aromatic carbocycles. The van der Waals surface area contributed by atoms with Crippen molar-refractivity contribution >= 4 is 33.3 Å². The molecule has 1 amide bonds. The summed E-state index contributed by atoms with van der Waals surface area (Å²) in [5.74, 6) is -1.58. The summed E-state index contributed by atoms with van der Waals surface area (Å²) in [5, 5.41) is 2.42. The highest BCUT2D eigenvalue weighted by Crippen LogP contribution is 2.22. The van der Waals surface area contributed by atoms with E-state index in [9.17, 15) is 22.4 Å². The van der Waals surface area contributed by atoms with Gasteiger partial charge in [0.25, 0.3) is 15.9 Å². The molecule has 33 heavy (non-hydrogen) atoms. The summed E-state index contributed by atoms with van der Waals surface area (Å²) in [6, 6.07) is 15.7. The minimum atomic E-state index is -4.00. The molecule has 2 N–H and O–H groups in total. The molecule has 3 aromatic rings. The van der Waals surface area contributed by atoms with Crippen LogP contribution in [0.2, 0.25) is 0 Å². The van der Waals surface area contributed by atoms with Crippen LogP contribution < -0.4 is 14.8 Å². The smallest absolute Gasteiger partial charge is 0.340 e. The molecule has 0 spiro atoms. The Morgan fingerprint density at radius 3 is 2.36 bits per heavy atom. The lowest BCUT2D eigenvalue weighted by atomic mass is 10.2. The average Bonchev–Trinajstić information content (AvgIpc) is 2.80. The number of ether oxygens (including phenoxy) is 2. The number of aryl methyl sites for hydroxylation is 1. The molecule has 172 valence electrons. The second-order valence-electron chi connectivity index (χ2n) is 6.91. The van der Waals surface area contributed by atoms with E-state index < -0.39 is 34.3 Å². The molecule has 0 saturated carbocycles. The van der Waals surface area contributed by atoms with Gasteiger partial charge in [-0.15, -0.1) is 0 Å². The molecule has 0 atom stereocenters.